The first-order chi connectivity index (χ1) is 8.76. The van der Waals surface area contributed by atoms with E-state index in [4.69, 9.17) is 17.3 Å². The molecule has 0 fully saturated rings. The quantitative estimate of drug-likeness (QED) is 0.742. The number of amides is 1. The standard InChI is InChI=1S/C9H8ClN.C5H11NO2/c1-2-3-4-8-7-11-6-5-9(8)10;1-5(2,3)8-4(6)7/h5-7H,2H2,1H3;1-3H3,(H2,6,7). The number of aromatic nitrogens is 1. The molecule has 0 aliphatic heterocycles. The van der Waals surface area contributed by atoms with E-state index >= 15 is 0 Å². The molecule has 0 aliphatic rings. The van der Waals surface area contributed by atoms with Crippen molar-refractivity contribution in [1.29, 1.82) is 0 Å². The molecule has 0 bridgehead atoms. The van der Waals surface area contributed by atoms with Gasteiger partial charge < -0.3 is 10.5 Å². The van der Waals surface area contributed by atoms with Crippen molar-refractivity contribution in [3.8, 4) is 11.8 Å². The van der Waals surface area contributed by atoms with Crippen LogP contribution in [0, 0.1) is 11.8 Å². The minimum Gasteiger partial charge on any atom is -0.444 e. The van der Waals surface area contributed by atoms with Crippen molar-refractivity contribution < 1.29 is 9.53 Å². The summed E-state index contributed by atoms with van der Waals surface area (Å²) >= 11 is 5.82. The lowest BCUT2D eigenvalue weighted by atomic mass is 10.2. The zero-order valence-electron chi connectivity index (χ0n) is 11.7. The van der Waals surface area contributed by atoms with Crippen LogP contribution in [-0.4, -0.2) is 16.7 Å². The highest BCUT2D eigenvalue weighted by atomic mass is 35.5. The van der Waals surface area contributed by atoms with Crippen LogP contribution >= 0.6 is 11.6 Å². The third-order valence-corrected chi connectivity index (χ3v) is 1.90. The van der Waals surface area contributed by atoms with Crippen molar-refractivity contribution >= 4 is 17.7 Å². The Balaban J connectivity index is 0.000000362. The highest BCUT2D eigenvalue weighted by Crippen LogP contribution is 2.11. The van der Waals surface area contributed by atoms with Gasteiger partial charge >= 0.3 is 6.09 Å². The molecule has 0 spiro atoms. The number of ether oxygens (including phenoxy) is 1. The van der Waals surface area contributed by atoms with E-state index in [2.05, 4.69) is 21.6 Å². The molecule has 1 rings (SSSR count). The molecule has 0 radical (unpaired) electrons. The first kappa shape index (κ1) is 17.3. The van der Waals surface area contributed by atoms with Gasteiger partial charge in [-0.2, -0.15) is 0 Å². The minimum absolute atomic E-state index is 0.453. The predicted octanol–water partition coefficient (Wildman–Crippen LogP) is 3.38. The lowest BCUT2D eigenvalue weighted by molar-refractivity contribution is 0.0600. The topological polar surface area (TPSA) is 65.2 Å². The van der Waals surface area contributed by atoms with Crippen LogP contribution in [0.5, 0.6) is 0 Å². The van der Waals surface area contributed by atoms with Crippen LogP contribution in [-0.2, 0) is 4.74 Å². The lowest BCUT2D eigenvalue weighted by Crippen LogP contribution is -2.27. The largest absolute Gasteiger partial charge is 0.444 e. The van der Waals surface area contributed by atoms with E-state index in [-0.39, 0.29) is 0 Å². The van der Waals surface area contributed by atoms with Crippen LogP contribution in [0.4, 0.5) is 4.79 Å². The summed E-state index contributed by atoms with van der Waals surface area (Å²) in [6.07, 6.45) is 3.44. The third kappa shape index (κ3) is 9.93. The number of nitrogens with zero attached hydrogens (tertiary/aromatic N) is 1. The Labute approximate surface area is 119 Å². The van der Waals surface area contributed by atoms with E-state index in [0.717, 1.165) is 12.0 Å². The molecule has 0 aromatic carbocycles. The summed E-state index contributed by atoms with van der Waals surface area (Å²) in [6.45, 7) is 7.28. The molecule has 1 aromatic heterocycles. The number of primary amides is 1. The van der Waals surface area contributed by atoms with Gasteiger partial charge in [0.15, 0.2) is 0 Å². The van der Waals surface area contributed by atoms with Gasteiger partial charge in [0.25, 0.3) is 0 Å². The summed E-state index contributed by atoms with van der Waals surface area (Å²) in [7, 11) is 0. The first-order valence-electron chi connectivity index (χ1n) is 5.83. The van der Waals surface area contributed by atoms with Crippen LogP contribution in [0.3, 0.4) is 0 Å². The van der Waals surface area contributed by atoms with E-state index in [9.17, 15) is 4.79 Å². The molecule has 4 nitrogen and oxygen atoms in total. The molecule has 0 saturated heterocycles. The number of pyridine rings is 1. The summed E-state index contributed by atoms with van der Waals surface area (Å²) in [4.78, 5) is 13.9. The molecule has 0 saturated carbocycles. The molecule has 104 valence electrons. The molecular weight excluding hydrogens is 264 g/mol. The number of hydrogen-bond acceptors (Lipinski definition) is 3. The zero-order chi connectivity index (χ0) is 14.9. The smallest absolute Gasteiger partial charge is 0.405 e. The second-order valence-electron chi connectivity index (χ2n) is 4.54. The number of hydrogen-bond donors (Lipinski definition) is 1. The average molecular weight is 283 g/mol. The van der Waals surface area contributed by atoms with Crippen LogP contribution in [0.25, 0.3) is 0 Å². The summed E-state index contributed by atoms with van der Waals surface area (Å²) in [6, 6.07) is 1.74. The van der Waals surface area contributed by atoms with Crippen LogP contribution in [0.15, 0.2) is 18.5 Å². The monoisotopic (exact) mass is 282 g/mol. The SMILES string of the molecule is CC(C)(C)OC(N)=O.CCC#Cc1cnccc1Cl. The molecule has 1 aromatic rings. The van der Waals surface area contributed by atoms with E-state index in [1.807, 2.05) is 6.92 Å². The molecule has 0 unspecified atom stereocenters. The number of halogens is 1. The van der Waals surface area contributed by atoms with Crippen molar-refractivity contribution in [2.24, 2.45) is 5.73 Å². The molecule has 1 amide bonds. The fourth-order valence-corrected chi connectivity index (χ4v) is 1.11. The Hall–Kier alpha value is -1.73. The highest BCUT2D eigenvalue weighted by Gasteiger charge is 2.12. The lowest BCUT2D eigenvalue weighted by Gasteiger charge is -2.16. The molecule has 0 atom stereocenters. The zero-order valence-corrected chi connectivity index (χ0v) is 12.4. The van der Waals surface area contributed by atoms with Crippen molar-refractivity contribution in [1.82, 2.24) is 4.98 Å². The number of carbonyl (C=O) groups is 1. The first-order valence-corrected chi connectivity index (χ1v) is 6.21. The van der Waals surface area contributed by atoms with Crippen molar-refractivity contribution in [2.45, 2.75) is 39.7 Å². The van der Waals surface area contributed by atoms with Gasteiger partial charge in [0.1, 0.15) is 5.60 Å². The normalized spacial score (nSPS) is 9.53. The summed E-state index contributed by atoms with van der Waals surface area (Å²) in [5.74, 6) is 5.85. The van der Waals surface area contributed by atoms with Crippen LogP contribution in [0.2, 0.25) is 5.02 Å². The van der Waals surface area contributed by atoms with Crippen molar-refractivity contribution in [3.63, 3.8) is 0 Å². The van der Waals surface area contributed by atoms with E-state index < -0.39 is 11.7 Å². The highest BCUT2D eigenvalue weighted by molar-refractivity contribution is 6.31. The molecule has 0 aliphatic carbocycles. The van der Waals surface area contributed by atoms with Crippen LogP contribution < -0.4 is 5.73 Å². The Morgan fingerprint density at radius 3 is 2.53 bits per heavy atom. The molecular formula is C14H19ClN2O2. The molecule has 19 heavy (non-hydrogen) atoms. The van der Waals surface area contributed by atoms with Gasteiger partial charge in [-0.1, -0.05) is 30.4 Å². The number of rotatable bonds is 0. The summed E-state index contributed by atoms with van der Waals surface area (Å²) in [5.41, 5.74) is 5.07. The van der Waals surface area contributed by atoms with E-state index in [1.54, 1.807) is 39.2 Å². The maximum atomic E-state index is 10.0. The van der Waals surface area contributed by atoms with Crippen molar-refractivity contribution in [3.05, 3.63) is 29.0 Å². The average Bonchev–Trinajstić information content (AvgIpc) is 2.25. The van der Waals surface area contributed by atoms with Gasteiger partial charge in [0.2, 0.25) is 0 Å². The van der Waals surface area contributed by atoms with Gasteiger partial charge in [-0.15, -0.1) is 0 Å². The van der Waals surface area contributed by atoms with Gasteiger partial charge in [-0.05, 0) is 26.8 Å². The van der Waals surface area contributed by atoms with Crippen molar-refractivity contribution in [2.75, 3.05) is 0 Å². The second kappa shape index (κ2) is 8.39. The van der Waals surface area contributed by atoms with E-state index in [1.165, 1.54) is 0 Å². The number of nitrogens with two attached hydrogens (primary N) is 1. The molecule has 2 N–H and O–H groups in total. The Bertz CT molecular complexity index is 470. The predicted molar refractivity (Wildman–Crippen MR) is 76.8 cm³/mol. The maximum Gasteiger partial charge on any atom is 0.405 e. The second-order valence-corrected chi connectivity index (χ2v) is 4.95. The summed E-state index contributed by atoms with van der Waals surface area (Å²) in [5, 5.41) is 0.668. The maximum absolute atomic E-state index is 10.0. The summed E-state index contributed by atoms with van der Waals surface area (Å²) < 4.78 is 4.58. The number of carbonyl (C=O) groups excluding carboxylic acids is 1. The fraction of sp³-hybridized carbons (Fsp3) is 0.429. The molecule has 5 heteroatoms. The molecule has 1 heterocycles. The third-order valence-electron chi connectivity index (χ3n) is 1.57. The minimum atomic E-state index is -0.725. The van der Waals surface area contributed by atoms with E-state index in [0.29, 0.717) is 5.02 Å². The Morgan fingerprint density at radius 2 is 2.16 bits per heavy atom. The van der Waals surface area contributed by atoms with Gasteiger partial charge in [0, 0.05) is 18.8 Å². The van der Waals surface area contributed by atoms with Gasteiger partial charge in [-0.25, -0.2) is 4.79 Å². The van der Waals surface area contributed by atoms with Gasteiger partial charge in [0.05, 0.1) is 10.6 Å². The fourth-order valence-electron chi connectivity index (χ4n) is 0.955. The van der Waals surface area contributed by atoms with Gasteiger partial charge in [-0.3, -0.25) is 4.98 Å². The Kier molecular flexibility index (Phi) is 7.62. The Morgan fingerprint density at radius 1 is 1.53 bits per heavy atom. The van der Waals surface area contributed by atoms with Crippen LogP contribution in [0.1, 0.15) is 39.7 Å².